The maximum Gasteiger partial charge on any atom is 0.244 e. The van der Waals surface area contributed by atoms with Crippen LogP contribution in [0.5, 0.6) is 0 Å². The molecule has 0 spiro atoms. The van der Waals surface area contributed by atoms with Gasteiger partial charge in [-0.1, -0.05) is 31.9 Å². The van der Waals surface area contributed by atoms with Crippen LogP contribution >= 0.6 is 0 Å². The number of sulfonamides is 1. The number of nitriles is 1. The number of hydrogen-bond donors (Lipinski definition) is 0. The molecular formula is C16H22N2O2S. The van der Waals surface area contributed by atoms with Gasteiger partial charge < -0.3 is 0 Å². The van der Waals surface area contributed by atoms with E-state index in [-0.39, 0.29) is 10.5 Å². The molecule has 0 aromatic heterocycles. The van der Waals surface area contributed by atoms with E-state index in [1.165, 1.54) is 12.5 Å². The minimum atomic E-state index is -3.56. The minimum Gasteiger partial charge on any atom is -0.207 e. The monoisotopic (exact) mass is 306 g/mol. The Kier molecular flexibility index (Phi) is 5.38. The molecule has 1 fully saturated rings. The van der Waals surface area contributed by atoms with Crippen LogP contribution in [0.1, 0.15) is 44.6 Å². The second-order valence-corrected chi connectivity index (χ2v) is 7.50. The summed E-state index contributed by atoms with van der Waals surface area (Å²) in [6, 6.07) is 8.43. The standard InChI is InChI=1S/C16H22N2O2S/c1-2-6-14-7-5-11-18(12-10-14)21(19,20)16-9-4-3-8-15(16)13-17/h3-4,8-9,14H,2,5-7,10-12H2,1H3. The summed E-state index contributed by atoms with van der Waals surface area (Å²) in [5, 5.41) is 9.11. The van der Waals surface area contributed by atoms with Gasteiger partial charge in [0.05, 0.1) is 10.5 Å². The molecule has 1 aromatic carbocycles. The predicted molar refractivity (Wildman–Crippen MR) is 82.2 cm³/mol. The summed E-state index contributed by atoms with van der Waals surface area (Å²) in [6.07, 6.45) is 5.23. The van der Waals surface area contributed by atoms with Crippen molar-refractivity contribution in [2.24, 2.45) is 5.92 Å². The fourth-order valence-corrected chi connectivity index (χ4v) is 4.63. The van der Waals surface area contributed by atoms with Gasteiger partial charge in [-0.15, -0.1) is 0 Å². The number of rotatable bonds is 4. The molecule has 0 saturated carbocycles. The third-order valence-corrected chi connectivity index (χ3v) is 6.09. The first-order valence-corrected chi connectivity index (χ1v) is 9.03. The average molecular weight is 306 g/mol. The van der Waals surface area contributed by atoms with Gasteiger partial charge in [0.1, 0.15) is 6.07 Å². The van der Waals surface area contributed by atoms with Crippen molar-refractivity contribution < 1.29 is 8.42 Å². The molecule has 2 rings (SSSR count). The van der Waals surface area contributed by atoms with E-state index in [0.717, 1.165) is 25.7 Å². The lowest BCUT2D eigenvalue weighted by Gasteiger charge is -2.20. The topological polar surface area (TPSA) is 61.2 Å². The largest absolute Gasteiger partial charge is 0.244 e. The lowest BCUT2D eigenvalue weighted by atomic mass is 9.96. The van der Waals surface area contributed by atoms with E-state index in [4.69, 9.17) is 5.26 Å². The lowest BCUT2D eigenvalue weighted by Crippen LogP contribution is -2.32. The first kappa shape index (κ1) is 16.0. The third kappa shape index (κ3) is 3.63. The number of benzene rings is 1. The maximum absolute atomic E-state index is 12.8. The zero-order valence-corrected chi connectivity index (χ0v) is 13.3. The lowest BCUT2D eigenvalue weighted by molar-refractivity contribution is 0.400. The van der Waals surface area contributed by atoms with E-state index in [1.54, 1.807) is 22.5 Å². The Morgan fingerprint density at radius 2 is 2.05 bits per heavy atom. The molecule has 1 atom stereocenters. The van der Waals surface area contributed by atoms with Crippen molar-refractivity contribution in [3.8, 4) is 6.07 Å². The second-order valence-electron chi connectivity index (χ2n) is 5.60. The molecule has 5 heteroatoms. The summed E-state index contributed by atoms with van der Waals surface area (Å²) < 4.78 is 27.1. The first-order chi connectivity index (χ1) is 10.1. The van der Waals surface area contributed by atoms with Gasteiger partial charge in [-0.2, -0.15) is 9.57 Å². The van der Waals surface area contributed by atoms with Crippen LogP contribution in [0.25, 0.3) is 0 Å². The molecule has 1 unspecified atom stereocenters. The fraction of sp³-hybridized carbons (Fsp3) is 0.562. The van der Waals surface area contributed by atoms with Gasteiger partial charge in [-0.25, -0.2) is 8.42 Å². The molecule has 114 valence electrons. The molecule has 1 aliphatic heterocycles. The van der Waals surface area contributed by atoms with Crippen molar-refractivity contribution in [1.29, 1.82) is 5.26 Å². The Hall–Kier alpha value is -1.38. The highest BCUT2D eigenvalue weighted by atomic mass is 32.2. The van der Waals surface area contributed by atoms with Gasteiger partial charge in [-0.3, -0.25) is 0 Å². The summed E-state index contributed by atoms with van der Waals surface area (Å²) >= 11 is 0. The molecule has 1 aromatic rings. The number of hydrogen-bond acceptors (Lipinski definition) is 3. The fourth-order valence-electron chi connectivity index (χ4n) is 3.00. The van der Waals surface area contributed by atoms with Gasteiger partial charge in [0.2, 0.25) is 10.0 Å². The first-order valence-electron chi connectivity index (χ1n) is 7.59. The van der Waals surface area contributed by atoms with Crippen LogP contribution in [0.15, 0.2) is 29.2 Å². The summed E-state index contributed by atoms with van der Waals surface area (Å²) in [7, 11) is -3.56. The summed E-state index contributed by atoms with van der Waals surface area (Å²) in [4.78, 5) is 0.140. The van der Waals surface area contributed by atoms with Crippen LogP contribution in [0.4, 0.5) is 0 Å². The smallest absolute Gasteiger partial charge is 0.207 e. The Morgan fingerprint density at radius 3 is 2.76 bits per heavy atom. The highest BCUT2D eigenvalue weighted by Gasteiger charge is 2.29. The summed E-state index contributed by atoms with van der Waals surface area (Å²) in [6.45, 7) is 3.29. The molecule has 1 saturated heterocycles. The summed E-state index contributed by atoms with van der Waals surface area (Å²) in [5.41, 5.74) is 0.229. The Morgan fingerprint density at radius 1 is 1.29 bits per heavy atom. The van der Waals surface area contributed by atoms with E-state index in [9.17, 15) is 8.42 Å². The van der Waals surface area contributed by atoms with E-state index in [0.29, 0.717) is 19.0 Å². The van der Waals surface area contributed by atoms with Gasteiger partial charge in [0, 0.05) is 13.1 Å². The van der Waals surface area contributed by atoms with Crippen molar-refractivity contribution in [3.05, 3.63) is 29.8 Å². The van der Waals surface area contributed by atoms with E-state index < -0.39 is 10.0 Å². The highest BCUT2D eigenvalue weighted by Crippen LogP contribution is 2.26. The van der Waals surface area contributed by atoms with Crippen LogP contribution in [0.2, 0.25) is 0 Å². The van der Waals surface area contributed by atoms with Crippen LogP contribution in [0, 0.1) is 17.2 Å². The van der Waals surface area contributed by atoms with Crippen molar-refractivity contribution in [1.82, 2.24) is 4.31 Å². The predicted octanol–water partition coefficient (Wildman–Crippen LogP) is 3.15. The average Bonchev–Trinajstić information content (AvgIpc) is 2.74. The number of nitrogens with zero attached hydrogens (tertiary/aromatic N) is 2. The van der Waals surface area contributed by atoms with Crippen molar-refractivity contribution in [2.75, 3.05) is 13.1 Å². The SMILES string of the molecule is CCCC1CCCN(S(=O)(=O)c2ccccc2C#N)CC1. The van der Waals surface area contributed by atoms with E-state index in [1.807, 2.05) is 6.07 Å². The Balaban J connectivity index is 2.22. The quantitative estimate of drug-likeness (QED) is 0.858. The second kappa shape index (κ2) is 7.06. The van der Waals surface area contributed by atoms with Gasteiger partial charge in [-0.05, 0) is 37.3 Å². The maximum atomic E-state index is 12.8. The zero-order valence-electron chi connectivity index (χ0n) is 12.5. The minimum absolute atomic E-state index is 0.140. The molecule has 0 radical (unpaired) electrons. The molecule has 1 heterocycles. The van der Waals surface area contributed by atoms with Crippen LogP contribution in [-0.2, 0) is 10.0 Å². The van der Waals surface area contributed by atoms with Crippen molar-refractivity contribution >= 4 is 10.0 Å². The molecule has 0 bridgehead atoms. The molecule has 21 heavy (non-hydrogen) atoms. The molecule has 0 N–H and O–H groups in total. The van der Waals surface area contributed by atoms with E-state index in [2.05, 4.69) is 6.92 Å². The molecule has 1 aliphatic rings. The van der Waals surface area contributed by atoms with Gasteiger partial charge >= 0.3 is 0 Å². The van der Waals surface area contributed by atoms with E-state index >= 15 is 0 Å². The third-order valence-electron chi connectivity index (χ3n) is 4.13. The molecule has 4 nitrogen and oxygen atoms in total. The van der Waals surface area contributed by atoms with Crippen molar-refractivity contribution in [2.45, 2.75) is 43.9 Å². The van der Waals surface area contributed by atoms with Crippen LogP contribution in [0.3, 0.4) is 0 Å². The Labute approximate surface area is 127 Å². The van der Waals surface area contributed by atoms with Crippen molar-refractivity contribution in [3.63, 3.8) is 0 Å². The van der Waals surface area contributed by atoms with Gasteiger partial charge in [0.25, 0.3) is 0 Å². The normalized spacial score (nSPS) is 20.7. The molecular weight excluding hydrogens is 284 g/mol. The molecule has 0 amide bonds. The highest BCUT2D eigenvalue weighted by molar-refractivity contribution is 7.89. The Bertz CT molecular complexity index is 619. The van der Waals surface area contributed by atoms with Crippen LogP contribution < -0.4 is 0 Å². The summed E-state index contributed by atoms with van der Waals surface area (Å²) in [5.74, 6) is 0.626. The zero-order chi connectivity index (χ0) is 15.3. The molecule has 0 aliphatic carbocycles. The van der Waals surface area contributed by atoms with Crippen LogP contribution in [-0.4, -0.2) is 25.8 Å². The van der Waals surface area contributed by atoms with Gasteiger partial charge in [0.15, 0.2) is 0 Å².